The molecule has 1 aromatic heterocycles. The fraction of sp³-hybridized carbons (Fsp3) is 0. The van der Waals surface area contributed by atoms with Gasteiger partial charge in [-0.2, -0.15) is 0 Å². The van der Waals surface area contributed by atoms with E-state index < -0.39 is 249 Å². The minimum atomic E-state index is -1.93. The summed E-state index contributed by atoms with van der Waals surface area (Å²) in [4.78, 5) is 4.70. The summed E-state index contributed by atoms with van der Waals surface area (Å²) in [5.41, 5.74) is 4.44. The fourth-order valence-electron chi connectivity index (χ4n) is 17.0. The molecule has 82 radical (unpaired) electrons. The number of aromatic nitrogens is 1. The zero-order chi connectivity index (χ0) is 79.2. The van der Waals surface area contributed by atoms with Crippen LogP contribution in [0.1, 0.15) is 0 Å². The maximum atomic E-state index is 7.18. The first kappa shape index (κ1) is 99.9. The molecule has 82 heteroatoms. The topological polar surface area (TPSA) is 12.9 Å². The number of halogens is 1. The minimum absolute atomic E-state index is 0.998. The molecule has 350 valence electrons. The summed E-state index contributed by atoms with van der Waals surface area (Å²) >= 11 is 3.60. The molecule has 0 fully saturated rings. The van der Waals surface area contributed by atoms with E-state index in [-0.39, 0.29) is 0 Å². The van der Waals surface area contributed by atoms with Crippen molar-refractivity contribution in [3.63, 3.8) is 0 Å². The van der Waals surface area contributed by atoms with Gasteiger partial charge in [-0.3, -0.25) is 4.98 Å². The number of hydrogen-bond donors (Lipinski definition) is 0. The van der Waals surface area contributed by atoms with Crippen molar-refractivity contribution < 1.29 is 0 Å². The molecule has 1 heterocycles. The Morgan fingerprint density at radius 2 is 0.427 bits per heavy atom. The highest BCUT2D eigenvalue weighted by molar-refractivity contribution is 9.10. The summed E-state index contributed by atoms with van der Waals surface area (Å²) < 4.78 is 1.08. The molecule has 0 saturated carbocycles. The highest BCUT2D eigenvalue weighted by atomic mass is 79.9. The molecule has 1 nitrogen and oxygen atoms in total. The molecule has 0 spiro atoms. The Hall–Kier alpha value is 2.74. The molecule has 4 rings (SSSR count). The number of rotatable bonds is 40. The van der Waals surface area contributed by atoms with Gasteiger partial charge in [-0.05, 0) is 28.5 Å². The van der Waals surface area contributed by atoms with Gasteiger partial charge < -0.3 is 0 Å². The highest BCUT2D eigenvalue weighted by Gasteiger charge is 2.66. The molecular formula is C21H14B80BrN. The summed E-state index contributed by atoms with van der Waals surface area (Å²) in [6.45, 7) is 0. The van der Waals surface area contributed by atoms with Crippen LogP contribution in [0.2, 0.25) is 0 Å². The van der Waals surface area contributed by atoms with Gasteiger partial charge in [-0.25, -0.2) is 0 Å². The summed E-state index contributed by atoms with van der Waals surface area (Å²) in [6.07, 6.45) is -63.6. The van der Waals surface area contributed by atoms with Gasteiger partial charge >= 0.3 is 0 Å². The zero-order valence-electron chi connectivity index (χ0n) is 58.6. The highest BCUT2D eigenvalue weighted by Crippen LogP contribution is 2.33. The molecule has 3 aromatic carbocycles. The molecule has 0 bridgehead atoms. The van der Waals surface area contributed by atoms with E-state index in [1.165, 1.54) is 16.3 Å². The molecule has 0 saturated heterocycles. The van der Waals surface area contributed by atoms with E-state index in [0.29, 0.717) is 0 Å². The van der Waals surface area contributed by atoms with E-state index in [0.717, 1.165) is 21.3 Å². The quantitative estimate of drug-likeness (QED) is 0.0405. The Morgan fingerprint density at radius 1 is 0.204 bits per heavy atom. The van der Waals surface area contributed by atoms with Gasteiger partial charge in [0.25, 0.3) is 0 Å². The van der Waals surface area contributed by atoms with Crippen LogP contribution in [-0.4, -0.2) is 571 Å². The van der Waals surface area contributed by atoms with Gasteiger partial charge in [0, 0.05) is 588 Å². The van der Waals surface area contributed by atoms with Crippen LogP contribution in [0.25, 0.3) is 33.2 Å². The number of hydrogen-bond acceptors (Lipinski definition) is 1. The van der Waals surface area contributed by atoms with Crippen LogP contribution in [0.5, 0.6) is 0 Å². The van der Waals surface area contributed by atoms with Crippen molar-refractivity contribution in [2.24, 2.45) is 0 Å². The van der Waals surface area contributed by atoms with E-state index in [4.69, 9.17) is 322 Å². The molecule has 0 aliphatic heterocycles. The minimum Gasteiger partial charge on any atom is -0.256 e. The molecular weight excluding hydrogens is 1210 g/mol. The standard InChI is InChI=1S/C21H14BrN.B80/c22-20-11-4-3-9-18(20)16-12-13-21(23-14-16)19-10-5-7-15-6-1-2-8-17(15)19;1-42(2)62(41)72(61(39)40)77(71(59(35)36)60(37)38)80(78(73(63(43(3)4)44(5)6)64(45(7)8)46(9)10)74(65(47(11)12)48(13)14)66(49(15)16)50(17)18)79(75(67(51(19)20)52(21)22)68(53(23)24)54(25)26)76(69(55(27)28)56(29)30)70(57(31)32)58(33)34/h1-14H;. The van der Waals surface area contributed by atoms with Crippen molar-refractivity contribution in [1.82, 2.24) is 4.98 Å². The maximum Gasteiger partial charge on any atom is 0.0708 e. The second-order valence-corrected chi connectivity index (χ2v) is 28.8. The summed E-state index contributed by atoms with van der Waals surface area (Å²) in [5.74, 6) is 0. The normalized spacial score (nSPS) is 10.0. The Kier molecular flexibility index (Phi) is 45.1. The molecule has 0 atom stereocenters. The third-order valence-electron chi connectivity index (χ3n) is 20.9. The van der Waals surface area contributed by atoms with Crippen LogP contribution in [0.4, 0.5) is 0 Å². The van der Waals surface area contributed by atoms with Crippen molar-refractivity contribution in [3.05, 3.63) is 89.5 Å². The smallest absolute Gasteiger partial charge is 0.0708 e. The molecule has 4 aromatic rings. The van der Waals surface area contributed by atoms with Crippen molar-refractivity contribution in [2.75, 3.05) is 0 Å². The zero-order valence-corrected chi connectivity index (χ0v) is 60.2. The van der Waals surface area contributed by atoms with Crippen LogP contribution in [0.15, 0.2) is 89.5 Å². The molecule has 103 heavy (non-hydrogen) atoms. The first-order chi connectivity index (χ1) is 47.7. The second kappa shape index (κ2) is 46.5. The van der Waals surface area contributed by atoms with E-state index in [9.17, 15) is 0 Å². The lowest BCUT2D eigenvalue weighted by molar-refractivity contribution is 1.33. The van der Waals surface area contributed by atoms with Crippen molar-refractivity contribution >= 4 is 593 Å². The van der Waals surface area contributed by atoms with Crippen molar-refractivity contribution in [1.29, 1.82) is 0 Å². The molecule has 0 amide bonds. The van der Waals surface area contributed by atoms with E-state index in [1.54, 1.807) is 0 Å². The number of fused-ring (bicyclic) bond motifs is 1. The largest absolute Gasteiger partial charge is 0.256 e. The van der Waals surface area contributed by atoms with E-state index in [1.807, 2.05) is 24.4 Å². The Labute approximate surface area is 702 Å². The average Bonchev–Trinajstić information content (AvgIpc) is 0.715. The molecule has 0 N–H and O–H groups in total. The second-order valence-electron chi connectivity index (χ2n) is 28.0. The Bertz CT molecular complexity index is 2670. The van der Waals surface area contributed by atoms with Gasteiger partial charge in [-0.1, -0.05) is 82.7 Å². The lowest BCUT2D eigenvalue weighted by Gasteiger charge is -2.61. The van der Waals surface area contributed by atoms with Crippen LogP contribution in [0, 0.1) is 0 Å². The van der Waals surface area contributed by atoms with Crippen molar-refractivity contribution in [3.8, 4) is 22.4 Å². The lowest BCUT2D eigenvalue weighted by Crippen LogP contribution is -2.99. The molecule has 0 unspecified atom stereocenters. The SMILES string of the molecule is Brc1ccccc1-c1ccc(-c2cccc3ccccc23)nc1.[B]B([B])B([B])B(B([B])[B])B(B(B([B])[B])B([B])[B])B(B(B(B(B([B])[B])B([B])[B])B(B([B])[B])B([B])[B])B(B(B([B])[B])B([B])[B])B(B([B])[B])B([B])[B])B(B(B(B([B])[B])B([B])[B])B(B([B])[B])B([B])[B])B(B(B([B])[B])B([B])[B])B(B([B])[B])B([B])[B]. The number of pyridine rings is 1. The average molecular weight is 1230 g/mol. The van der Waals surface area contributed by atoms with Gasteiger partial charge in [-0.15, -0.1) is 0 Å². The van der Waals surface area contributed by atoms with Crippen LogP contribution < -0.4 is 0 Å². The lowest BCUT2D eigenvalue weighted by atomic mass is 8.20. The third kappa shape index (κ3) is 26.4. The first-order valence-electron chi connectivity index (χ1n) is 33.9. The number of benzene rings is 3. The summed E-state index contributed by atoms with van der Waals surface area (Å²) in [5, 5.41) is 2.47. The fourth-order valence-corrected chi connectivity index (χ4v) is 17.5. The monoisotopic (exact) mass is 1240 g/mol. The Morgan fingerprint density at radius 3 is 0.670 bits per heavy atom. The van der Waals surface area contributed by atoms with E-state index >= 15 is 0 Å². The third-order valence-corrected chi connectivity index (χ3v) is 21.6. The number of nitrogens with zero attached hydrogens (tertiary/aromatic N) is 1. The van der Waals surface area contributed by atoms with Crippen LogP contribution in [0.3, 0.4) is 0 Å². The van der Waals surface area contributed by atoms with Crippen molar-refractivity contribution in [2.45, 2.75) is 0 Å². The predicted molar refractivity (Wildman–Crippen MR) is 561 cm³/mol. The first-order valence-corrected chi connectivity index (χ1v) is 34.6. The molecule has 0 aliphatic rings. The van der Waals surface area contributed by atoms with Gasteiger partial charge in [0.15, 0.2) is 0 Å². The van der Waals surface area contributed by atoms with Crippen LogP contribution >= 0.6 is 15.9 Å². The van der Waals surface area contributed by atoms with Gasteiger partial charge in [0.05, 0.1) is 5.69 Å². The maximum absolute atomic E-state index is 7.18. The molecule has 0 aliphatic carbocycles. The summed E-state index contributed by atoms with van der Waals surface area (Å²) in [7, 11) is 282. The van der Waals surface area contributed by atoms with Gasteiger partial charge in [0.2, 0.25) is 0 Å². The van der Waals surface area contributed by atoms with Gasteiger partial charge in [0.1, 0.15) is 0 Å². The predicted octanol–water partition coefficient (Wildman–Crippen LogP) is -24.1. The van der Waals surface area contributed by atoms with Crippen LogP contribution in [-0.2, 0) is 0 Å². The summed E-state index contributed by atoms with van der Waals surface area (Å²) in [6, 6.07) is 27.2. The van der Waals surface area contributed by atoms with E-state index in [2.05, 4.69) is 76.6 Å². The Balaban J connectivity index is 0.000000987.